The van der Waals surface area contributed by atoms with Gasteiger partial charge in [0.2, 0.25) is 5.91 Å². The fourth-order valence-corrected chi connectivity index (χ4v) is 5.56. The Bertz CT molecular complexity index is 831. The summed E-state index contributed by atoms with van der Waals surface area (Å²) in [7, 11) is -3.80. The van der Waals surface area contributed by atoms with Gasteiger partial charge in [-0.1, -0.05) is 41.9 Å². The van der Waals surface area contributed by atoms with Gasteiger partial charge in [-0.2, -0.15) is 4.72 Å². The van der Waals surface area contributed by atoms with Crippen LogP contribution in [-0.4, -0.2) is 38.4 Å². The first-order chi connectivity index (χ1) is 12.0. The summed E-state index contributed by atoms with van der Waals surface area (Å²) in [6, 6.07) is 11.6. The van der Waals surface area contributed by atoms with E-state index >= 15 is 0 Å². The van der Waals surface area contributed by atoms with E-state index in [1.54, 1.807) is 4.90 Å². The molecule has 0 spiro atoms. The summed E-state index contributed by atoms with van der Waals surface area (Å²) < 4.78 is 28.4. The zero-order valence-electron chi connectivity index (χ0n) is 13.5. The molecule has 0 unspecified atom stereocenters. The molecule has 1 N–H and O–H groups in total. The summed E-state index contributed by atoms with van der Waals surface area (Å²) in [6.07, 6.45) is 2.22. The normalized spacial score (nSPS) is 16.1. The van der Waals surface area contributed by atoms with Crippen molar-refractivity contribution in [2.24, 2.45) is 0 Å². The highest BCUT2D eigenvalue weighted by molar-refractivity contribution is 7.91. The average molecular weight is 399 g/mol. The van der Waals surface area contributed by atoms with Crippen LogP contribution in [-0.2, 0) is 21.2 Å². The summed E-state index contributed by atoms with van der Waals surface area (Å²) in [5.41, 5.74) is 0.909. The maximum absolute atomic E-state index is 12.8. The number of sulfonamides is 1. The molecule has 5 nitrogen and oxygen atoms in total. The van der Waals surface area contributed by atoms with Crippen molar-refractivity contribution < 1.29 is 13.2 Å². The van der Waals surface area contributed by atoms with E-state index < -0.39 is 16.1 Å². The van der Waals surface area contributed by atoms with Crippen LogP contribution in [0.4, 0.5) is 0 Å². The molecular weight excluding hydrogens is 380 g/mol. The molecule has 1 saturated heterocycles. The SMILES string of the molecule is O=C([C@@H](Cc1ccccc1)NS(=O)(=O)c1ccc(Cl)s1)N1CCCC1. The second-order valence-electron chi connectivity index (χ2n) is 5.95. The smallest absolute Gasteiger partial charge is 0.250 e. The predicted octanol–water partition coefficient (Wildman–Crippen LogP) is 2.91. The van der Waals surface area contributed by atoms with Crippen LogP contribution in [0.15, 0.2) is 46.7 Å². The van der Waals surface area contributed by atoms with Crippen LogP contribution < -0.4 is 4.72 Å². The van der Waals surface area contributed by atoms with Gasteiger partial charge in [-0.05, 0) is 37.0 Å². The van der Waals surface area contributed by atoms with Crippen LogP contribution in [0.1, 0.15) is 18.4 Å². The standard InChI is InChI=1S/C17H19ClN2O3S2/c18-15-8-9-16(24-15)25(22,23)19-14(12-13-6-2-1-3-7-13)17(21)20-10-4-5-11-20/h1-3,6-9,14,19H,4-5,10-12H2/t14-/m1/s1. The summed E-state index contributed by atoms with van der Waals surface area (Å²) in [6.45, 7) is 1.35. The van der Waals surface area contributed by atoms with Gasteiger partial charge in [-0.15, -0.1) is 11.3 Å². The van der Waals surface area contributed by atoms with E-state index in [0.717, 1.165) is 29.7 Å². The maximum atomic E-state index is 12.8. The third-order valence-electron chi connectivity index (χ3n) is 4.11. The predicted molar refractivity (Wildman–Crippen MR) is 99.4 cm³/mol. The Labute approximate surface area is 156 Å². The number of likely N-dealkylation sites (tertiary alicyclic amines) is 1. The average Bonchev–Trinajstić information content (AvgIpc) is 3.26. The molecule has 1 amide bonds. The van der Waals surface area contributed by atoms with Gasteiger partial charge < -0.3 is 4.90 Å². The number of hydrogen-bond acceptors (Lipinski definition) is 4. The van der Waals surface area contributed by atoms with Crippen LogP contribution in [0.25, 0.3) is 0 Å². The highest BCUT2D eigenvalue weighted by atomic mass is 35.5. The molecule has 1 atom stereocenters. The van der Waals surface area contributed by atoms with E-state index in [1.807, 2.05) is 30.3 Å². The van der Waals surface area contributed by atoms with Crippen molar-refractivity contribution >= 4 is 38.9 Å². The number of carbonyl (C=O) groups is 1. The van der Waals surface area contributed by atoms with E-state index in [9.17, 15) is 13.2 Å². The number of amides is 1. The van der Waals surface area contributed by atoms with Gasteiger partial charge in [-0.3, -0.25) is 4.79 Å². The summed E-state index contributed by atoms with van der Waals surface area (Å²) in [5.74, 6) is -0.174. The van der Waals surface area contributed by atoms with E-state index in [0.29, 0.717) is 23.8 Å². The summed E-state index contributed by atoms with van der Waals surface area (Å²) in [5, 5.41) is 0. The molecule has 0 radical (unpaired) electrons. The Morgan fingerprint density at radius 1 is 1.16 bits per heavy atom. The minimum Gasteiger partial charge on any atom is -0.341 e. The van der Waals surface area contributed by atoms with Crippen LogP contribution in [0, 0.1) is 0 Å². The molecule has 1 aromatic heterocycles. The Morgan fingerprint density at radius 3 is 2.44 bits per heavy atom. The lowest BCUT2D eigenvalue weighted by atomic mass is 10.1. The van der Waals surface area contributed by atoms with Crippen molar-refractivity contribution in [2.75, 3.05) is 13.1 Å². The summed E-state index contributed by atoms with van der Waals surface area (Å²) in [4.78, 5) is 14.6. The molecule has 0 saturated carbocycles. The summed E-state index contributed by atoms with van der Waals surface area (Å²) >= 11 is 6.83. The molecule has 3 rings (SSSR count). The molecule has 8 heteroatoms. The molecule has 1 aliphatic rings. The second-order valence-corrected chi connectivity index (χ2v) is 9.61. The van der Waals surface area contributed by atoms with Crippen molar-refractivity contribution in [1.29, 1.82) is 0 Å². The number of halogens is 1. The minimum atomic E-state index is -3.80. The van der Waals surface area contributed by atoms with Gasteiger partial charge in [0.15, 0.2) is 0 Å². The quantitative estimate of drug-likeness (QED) is 0.813. The zero-order valence-corrected chi connectivity index (χ0v) is 15.9. The number of thiophene rings is 1. The van der Waals surface area contributed by atoms with E-state index in [4.69, 9.17) is 11.6 Å². The van der Waals surface area contributed by atoms with Crippen LogP contribution >= 0.6 is 22.9 Å². The molecule has 25 heavy (non-hydrogen) atoms. The lowest BCUT2D eigenvalue weighted by Crippen LogP contribution is -2.48. The van der Waals surface area contributed by atoms with Crippen molar-refractivity contribution in [3.8, 4) is 0 Å². The molecule has 1 aliphatic heterocycles. The van der Waals surface area contributed by atoms with Gasteiger partial charge >= 0.3 is 0 Å². The molecule has 1 aromatic carbocycles. The first-order valence-corrected chi connectivity index (χ1v) is 10.7. The van der Waals surface area contributed by atoms with Crippen molar-refractivity contribution in [3.05, 3.63) is 52.4 Å². The van der Waals surface area contributed by atoms with E-state index in [-0.39, 0.29) is 10.1 Å². The van der Waals surface area contributed by atoms with Crippen LogP contribution in [0.3, 0.4) is 0 Å². The molecule has 0 aliphatic carbocycles. The first kappa shape index (κ1) is 18.4. The van der Waals surface area contributed by atoms with E-state index in [2.05, 4.69) is 4.72 Å². The van der Waals surface area contributed by atoms with E-state index in [1.165, 1.54) is 12.1 Å². The van der Waals surface area contributed by atoms with Gasteiger partial charge in [0.25, 0.3) is 10.0 Å². The monoisotopic (exact) mass is 398 g/mol. The molecule has 2 heterocycles. The topological polar surface area (TPSA) is 66.5 Å². The number of benzene rings is 1. The fourth-order valence-electron chi connectivity index (χ4n) is 2.87. The molecular formula is C17H19ClN2O3S2. The number of hydrogen-bond donors (Lipinski definition) is 1. The maximum Gasteiger partial charge on any atom is 0.250 e. The largest absolute Gasteiger partial charge is 0.341 e. The minimum absolute atomic E-state index is 0.116. The highest BCUT2D eigenvalue weighted by Gasteiger charge is 2.31. The Hall–Kier alpha value is -1.41. The van der Waals surface area contributed by atoms with Crippen LogP contribution in [0.5, 0.6) is 0 Å². The number of nitrogens with one attached hydrogen (secondary N) is 1. The van der Waals surface area contributed by atoms with Gasteiger partial charge in [-0.25, -0.2) is 8.42 Å². The highest BCUT2D eigenvalue weighted by Crippen LogP contribution is 2.26. The Balaban J connectivity index is 1.83. The first-order valence-electron chi connectivity index (χ1n) is 8.06. The van der Waals surface area contributed by atoms with Crippen molar-refractivity contribution in [2.45, 2.75) is 29.5 Å². The van der Waals surface area contributed by atoms with Crippen molar-refractivity contribution in [1.82, 2.24) is 9.62 Å². The third-order valence-corrected chi connectivity index (χ3v) is 7.30. The third kappa shape index (κ3) is 4.61. The Morgan fingerprint density at radius 2 is 1.84 bits per heavy atom. The second kappa shape index (κ2) is 7.86. The van der Waals surface area contributed by atoms with Gasteiger partial charge in [0, 0.05) is 13.1 Å². The molecule has 2 aromatic rings. The molecule has 1 fully saturated rings. The number of carbonyl (C=O) groups excluding carboxylic acids is 1. The number of rotatable bonds is 6. The zero-order chi connectivity index (χ0) is 17.9. The van der Waals surface area contributed by atoms with Gasteiger partial charge in [0.05, 0.1) is 4.34 Å². The lowest BCUT2D eigenvalue weighted by molar-refractivity contribution is -0.131. The molecule has 134 valence electrons. The fraction of sp³-hybridized carbons (Fsp3) is 0.353. The van der Waals surface area contributed by atoms with Gasteiger partial charge in [0.1, 0.15) is 10.3 Å². The van der Waals surface area contributed by atoms with Crippen LogP contribution in [0.2, 0.25) is 4.34 Å². The van der Waals surface area contributed by atoms with Crippen molar-refractivity contribution in [3.63, 3.8) is 0 Å². The Kier molecular flexibility index (Phi) is 5.78. The molecule has 0 bridgehead atoms. The lowest BCUT2D eigenvalue weighted by Gasteiger charge is -2.24. The number of nitrogens with zero attached hydrogens (tertiary/aromatic N) is 1.